The third-order valence-corrected chi connectivity index (χ3v) is 4.56. The third kappa shape index (κ3) is 3.73. The van der Waals surface area contributed by atoms with Crippen LogP contribution < -0.4 is 4.74 Å². The monoisotopic (exact) mass is 262 g/mol. The number of para-hydroxylation sites is 1. The van der Waals surface area contributed by atoms with Gasteiger partial charge < -0.3 is 9.84 Å². The van der Waals surface area contributed by atoms with Crippen LogP contribution in [0.5, 0.6) is 5.75 Å². The Morgan fingerprint density at radius 1 is 1.26 bits per heavy atom. The molecule has 0 bridgehead atoms. The molecule has 19 heavy (non-hydrogen) atoms. The molecule has 0 saturated heterocycles. The average Bonchev–Trinajstić information content (AvgIpc) is 2.61. The lowest BCUT2D eigenvalue weighted by Crippen LogP contribution is -2.30. The maximum absolute atomic E-state index is 10.9. The first-order chi connectivity index (χ1) is 9.17. The average molecular weight is 262 g/mol. The van der Waals surface area contributed by atoms with Gasteiger partial charge in [0.1, 0.15) is 5.75 Å². The number of ether oxygens (including phenoxy) is 1. The molecule has 1 saturated carbocycles. The quantitative estimate of drug-likeness (QED) is 0.832. The number of aliphatic hydroxyl groups is 1. The summed E-state index contributed by atoms with van der Waals surface area (Å²) in [5.74, 6) is 1.69. The second kappa shape index (κ2) is 6.42. The van der Waals surface area contributed by atoms with Crippen LogP contribution in [-0.4, -0.2) is 17.8 Å². The first-order valence-corrected chi connectivity index (χ1v) is 7.51. The molecule has 0 aliphatic heterocycles. The van der Waals surface area contributed by atoms with Crippen LogP contribution in [0.15, 0.2) is 24.3 Å². The Kier molecular flexibility index (Phi) is 4.87. The SMILES string of the molecule is CCC1CCCC(O)(Cc2ccccc2OC)CC1. The summed E-state index contributed by atoms with van der Waals surface area (Å²) in [6.45, 7) is 2.26. The molecule has 0 heterocycles. The minimum absolute atomic E-state index is 0.543. The van der Waals surface area contributed by atoms with E-state index >= 15 is 0 Å². The minimum Gasteiger partial charge on any atom is -0.496 e. The normalized spacial score (nSPS) is 27.8. The smallest absolute Gasteiger partial charge is 0.122 e. The van der Waals surface area contributed by atoms with Crippen molar-refractivity contribution in [3.05, 3.63) is 29.8 Å². The molecule has 1 fully saturated rings. The van der Waals surface area contributed by atoms with E-state index in [9.17, 15) is 5.11 Å². The van der Waals surface area contributed by atoms with Crippen LogP contribution in [0.2, 0.25) is 0 Å². The van der Waals surface area contributed by atoms with Crippen LogP contribution in [0, 0.1) is 5.92 Å². The van der Waals surface area contributed by atoms with E-state index in [-0.39, 0.29) is 0 Å². The number of methoxy groups -OCH3 is 1. The number of hydrogen-bond acceptors (Lipinski definition) is 2. The van der Waals surface area contributed by atoms with Crippen LogP contribution in [-0.2, 0) is 6.42 Å². The molecule has 0 amide bonds. The molecule has 2 atom stereocenters. The van der Waals surface area contributed by atoms with Gasteiger partial charge in [-0.15, -0.1) is 0 Å². The maximum atomic E-state index is 10.9. The van der Waals surface area contributed by atoms with Crippen molar-refractivity contribution in [2.24, 2.45) is 5.92 Å². The number of benzene rings is 1. The van der Waals surface area contributed by atoms with Crippen molar-refractivity contribution in [1.29, 1.82) is 0 Å². The first-order valence-electron chi connectivity index (χ1n) is 7.51. The van der Waals surface area contributed by atoms with Gasteiger partial charge in [0.15, 0.2) is 0 Å². The van der Waals surface area contributed by atoms with E-state index < -0.39 is 5.60 Å². The summed E-state index contributed by atoms with van der Waals surface area (Å²) in [5, 5.41) is 10.9. The van der Waals surface area contributed by atoms with Gasteiger partial charge >= 0.3 is 0 Å². The van der Waals surface area contributed by atoms with E-state index in [1.807, 2.05) is 18.2 Å². The van der Waals surface area contributed by atoms with E-state index in [0.717, 1.165) is 42.9 Å². The molecule has 1 aliphatic rings. The molecule has 2 nitrogen and oxygen atoms in total. The molecule has 1 aliphatic carbocycles. The third-order valence-electron chi connectivity index (χ3n) is 4.56. The van der Waals surface area contributed by atoms with Crippen LogP contribution in [0.25, 0.3) is 0 Å². The van der Waals surface area contributed by atoms with Gasteiger partial charge in [0.25, 0.3) is 0 Å². The Labute approximate surface area is 116 Å². The minimum atomic E-state index is -0.543. The van der Waals surface area contributed by atoms with E-state index in [1.54, 1.807) is 7.11 Å². The Morgan fingerprint density at radius 3 is 2.79 bits per heavy atom. The summed E-state index contributed by atoms with van der Waals surface area (Å²) < 4.78 is 5.39. The van der Waals surface area contributed by atoms with Gasteiger partial charge in [-0.25, -0.2) is 0 Å². The Morgan fingerprint density at radius 2 is 2.05 bits per heavy atom. The largest absolute Gasteiger partial charge is 0.496 e. The molecule has 0 radical (unpaired) electrons. The van der Waals surface area contributed by atoms with Crippen molar-refractivity contribution in [3.8, 4) is 5.75 Å². The number of hydrogen-bond donors (Lipinski definition) is 1. The Balaban J connectivity index is 2.08. The summed E-state index contributed by atoms with van der Waals surface area (Å²) in [7, 11) is 1.70. The summed E-state index contributed by atoms with van der Waals surface area (Å²) in [4.78, 5) is 0. The predicted octanol–water partition coefficient (Wildman–Crippen LogP) is 3.96. The fourth-order valence-electron chi connectivity index (χ4n) is 3.25. The Hall–Kier alpha value is -1.02. The first kappa shape index (κ1) is 14.4. The summed E-state index contributed by atoms with van der Waals surface area (Å²) in [5.41, 5.74) is 0.584. The van der Waals surface area contributed by atoms with E-state index in [1.165, 1.54) is 12.8 Å². The second-order valence-electron chi connectivity index (χ2n) is 5.92. The van der Waals surface area contributed by atoms with Crippen molar-refractivity contribution in [3.63, 3.8) is 0 Å². The van der Waals surface area contributed by atoms with Crippen molar-refractivity contribution in [2.45, 2.75) is 57.5 Å². The summed E-state index contributed by atoms with van der Waals surface area (Å²) in [6, 6.07) is 8.04. The lowest BCUT2D eigenvalue weighted by Gasteiger charge is -2.27. The molecule has 1 aromatic carbocycles. The fraction of sp³-hybridized carbons (Fsp3) is 0.647. The van der Waals surface area contributed by atoms with Crippen LogP contribution >= 0.6 is 0 Å². The van der Waals surface area contributed by atoms with Gasteiger partial charge in [0.05, 0.1) is 12.7 Å². The molecule has 2 rings (SSSR count). The van der Waals surface area contributed by atoms with Crippen molar-refractivity contribution >= 4 is 0 Å². The van der Waals surface area contributed by atoms with Gasteiger partial charge in [-0.2, -0.15) is 0 Å². The Bertz CT molecular complexity index is 402. The highest BCUT2D eigenvalue weighted by Crippen LogP contribution is 2.35. The lowest BCUT2D eigenvalue weighted by atomic mass is 9.86. The zero-order valence-electron chi connectivity index (χ0n) is 12.2. The zero-order chi connectivity index (χ0) is 13.7. The molecule has 1 aromatic rings. The van der Waals surface area contributed by atoms with Gasteiger partial charge in [-0.3, -0.25) is 0 Å². The molecule has 0 aromatic heterocycles. The van der Waals surface area contributed by atoms with Gasteiger partial charge in [-0.05, 0) is 36.8 Å². The van der Waals surface area contributed by atoms with Crippen molar-refractivity contribution in [1.82, 2.24) is 0 Å². The molecule has 1 N–H and O–H groups in total. The summed E-state index contributed by atoms with van der Waals surface area (Å²) in [6.07, 6.45) is 7.36. The molecule has 106 valence electrons. The molecule has 2 heteroatoms. The van der Waals surface area contributed by atoms with Crippen molar-refractivity contribution in [2.75, 3.05) is 7.11 Å². The molecular weight excluding hydrogens is 236 g/mol. The standard InChI is InChI=1S/C17H26O2/c1-3-14-7-6-11-17(18,12-10-14)13-15-8-4-5-9-16(15)19-2/h4-5,8-9,14,18H,3,6-7,10-13H2,1-2H3. The van der Waals surface area contributed by atoms with E-state index in [4.69, 9.17) is 4.74 Å². The number of rotatable bonds is 4. The van der Waals surface area contributed by atoms with Gasteiger partial charge in [0, 0.05) is 6.42 Å². The van der Waals surface area contributed by atoms with E-state index in [0.29, 0.717) is 6.42 Å². The van der Waals surface area contributed by atoms with Gasteiger partial charge in [0.2, 0.25) is 0 Å². The zero-order valence-corrected chi connectivity index (χ0v) is 12.2. The predicted molar refractivity (Wildman–Crippen MR) is 78.5 cm³/mol. The highest BCUT2D eigenvalue weighted by molar-refractivity contribution is 5.34. The summed E-state index contributed by atoms with van der Waals surface area (Å²) >= 11 is 0. The highest BCUT2D eigenvalue weighted by Gasteiger charge is 2.31. The van der Waals surface area contributed by atoms with Crippen LogP contribution in [0.1, 0.15) is 51.0 Å². The topological polar surface area (TPSA) is 29.5 Å². The maximum Gasteiger partial charge on any atom is 0.122 e. The molecule has 0 spiro atoms. The highest BCUT2D eigenvalue weighted by atomic mass is 16.5. The second-order valence-corrected chi connectivity index (χ2v) is 5.92. The van der Waals surface area contributed by atoms with Gasteiger partial charge in [-0.1, -0.05) is 44.4 Å². The lowest BCUT2D eigenvalue weighted by molar-refractivity contribution is 0.0236. The van der Waals surface area contributed by atoms with Crippen LogP contribution in [0.3, 0.4) is 0 Å². The fourth-order valence-corrected chi connectivity index (χ4v) is 3.25. The molecule has 2 unspecified atom stereocenters. The van der Waals surface area contributed by atoms with E-state index in [2.05, 4.69) is 13.0 Å². The molecular formula is C17H26O2. The van der Waals surface area contributed by atoms with Crippen LogP contribution in [0.4, 0.5) is 0 Å². The van der Waals surface area contributed by atoms with Crippen molar-refractivity contribution < 1.29 is 9.84 Å².